The van der Waals surface area contributed by atoms with Crippen molar-refractivity contribution < 1.29 is 37.4 Å². The molecule has 2 saturated carbocycles. The van der Waals surface area contributed by atoms with Gasteiger partial charge in [-0.25, -0.2) is 4.79 Å². The summed E-state index contributed by atoms with van der Waals surface area (Å²) >= 11 is 0. The van der Waals surface area contributed by atoms with E-state index in [1.807, 2.05) is 18.2 Å². The maximum atomic E-state index is 13.8. The molecule has 202 valence electrons. The summed E-state index contributed by atoms with van der Waals surface area (Å²) in [6.07, 6.45) is -0.863. The van der Waals surface area contributed by atoms with Gasteiger partial charge in [-0.15, -0.1) is 13.2 Å². The number of urea groups is 1. The Bertz CT molecular complexity index is 1230. The third kappa shape index (κ3) is 5.01. The minimum absolute atomic E-state index is 0.0151. The Morgan fingerprint density at radius 1 is 1.05 bits per heavy atom. The molecule has 1 aliphatic heterocycles. The van der Waals surface area contributed by atoms with Crippen LogP contribution in [0.1, 0.15) is 61.0 Å². The fraction of sp³-hybridized carbons (Fsp3) is 0.444. The molecule has 3 amide bonds. The molecule has 0 bridgehead atoms. The molecule has 0 spiro atoms. The fourth-order valence-corrected chi connectivity index (χ4v) is 5.77. The van der Waals surface area contributed by atoms with Crippen LogP contribution in [0.4, 0.5) is 23.7 Å². The SMILES string of the molecule is CC(NC(=O)N(C1CC1)C1c2ccccc2N(C(=O)c2ccc(OC(F)(F)F)cc2)C2CCCC21)C(=O)O. The van der Waals surface area contributed by atoms with Crippen LogP contribution in [0.2, 0.25) is 0 Å². The first-order chi connectivity index (χ1) is 18.0. The lowest BCUT2D eigenvalue weighted by Gasteiger charge is -2.47. The number of aliphatic carboxylic acids is 1. The van der Waals surface area contributed by atoms with Crippen molar-refractivity contribution in [2.75, 3.05) is 4.90 Å². The molecule has 3 aliphatic rings. The predicted molar refractivity (Wildman–Crippen MR) is 131 cm³/mol. The molecule has 11 heteroatoms. The molecule has 2 fully saturated rings. The number of alkyl halides is 3. The highest BCUT2D eigenvalue weighted by molar-refractivity contribution is 6.07. The number of amides is 3. The van der Waals surface area contributed by atoms with Gasteiger partial charge in [0, 0.05) is 29.3 Å². The van der Waals surface area contributed by atoms with Gasteiger partial charge in [0.05, 0.1) is 6.04 Å². The van der Waals surface area contributed by atoms with Crippen molar-refractivity contribution in [3.63, 3.8) is 0 Å². The normalized spacial score (nSPS) is 23.2. The maximum absolute atomic E-state index is 13.8. The van der Waals surface area contributed by atoms with E-state index in [2.05, 4.69) is 10.1 Å². The number of fused-ring (bicyclic) bond motifs is 2. The quantitative estimate of drug-likeness (QED) is 0.540. The van der Waals surface area contributed by atoms with Crippen LogP contribution in [-0.4, -0.2) is 52.4 Å². The molecule has 0 saturated heterocycles. The van der Waals surface area contributed by atoms with E-state index in [0.29, 0.717) is 12.1 Å². The number of anilines is 1. The van der Waals surface area contributed by atoms with Crippen LogP contribution in [0.15, 0.2) is 48.5 Å². The van der Waals surface area contributed by atoms with Crippen LogP contribution >= 0.6 is 0 Å². The van der Waals surface area contributed by atoms with E-state index in [4.69, 9.17) is 0 Å². The van der Waals surface area contributed by atoms with Crippen LogP contribution in [0.5, 0.6) is 5.75 Å². The second kappa shape index (κ2) is 9.85. The number of nitrogens with one attached hydrogen (secondary N) is 1. The van der Waals surface area contributed by atoms with E-state index in [-0.39, 0.29) is 35.5 Å². The zero-order valence-electron chi connectivity index (χ0n) is 20.6. The number of carboxylic acid groups (broad SMARTS) is 1. The lowest BCUT2D eigenvalue weighted by Crippen LogP contribution is -2.55. The van der Waals surface area contributed by atoms with Gasteiger partial charge in [-0.2, -0.15) is 0 Å². The van der Waals surface area contributed by atoms with Crippen molar-refractivity contribution in [3.05, 3.63) is 59.7 Å². The number of para-hydroxylation sites is 1. The summed E-state index contributed by atoms with van der Waals surface area (Å²) in [5.41, 5.74) is 1.67. The number of benzene rings is 2. The fourth-order valence-electron chi connectivity index (χ4n) is 5.77. The first kappa shape index (κ1) is 25.9. The van der Waals surface area contributed by atoms with Gasteiger partial charge in [0.1, 0.15) is 11.8 Å². The van der Waals surface area contributed by atoms with E-state index in [1.54, 1.807) is 15.9 Å². The number of carboxylic acids is 1. The zero-order chi connectivity index (χ0) is 27.2. The Kier molecular flexibility index (Phi) is 6.70. The number of nitrogens with zero attached hydrogens (tertiary/aromatic N) is 2. The van der Waals surface area contributed by atoms with Crippen LogP contribution in [-0.2, 0) is 4.79 Å². The van der Waals surface area contributed by atoms with Gasteiger partial charge in [0.25, 0.3) is 5.91 Å². The summed E-state index contributed by atoms with van der Waals surface area (Å²) in [5, 5.41) is 11.9. The third-order valence-corrected chi connectivity index (χ3v) is 7.52. The first-order valence-corrected chi connectivity index (χ1v) is 12.6. The number of rotatable bonds is 6. The molecule has 5 rings (SSSR count). The Hall–Kier alpha value is -3.76. The summed E-state index contributed by atoms with van der Waals surface area (Å²) in [7, 11) is 0. The van der Waals surface area contributed by atoms with Gasteiger partial charge in [-0.3, -0.25) is 9.59 Å². The van der Waals surface area contributed by atoms with Crippen LogP contribution < -0.4 is 15.0 Å². The summed E-state index contributed by atoms with van der Waals surface area (Å²) in [6, 6.07) is 10.2. The second-order valence-electron chi connectivity index (χ2n) is 10.1. The van der Waals surface area contributed by atoms with Crippen molar-refractivity contribution in [1.29, 1.82) is 0 Å². The predicted octanol–water partition coefficient (Wildman–Crippen LogP) is 5.10. The zero-order valence-corrected chi connectivity index (χ0v) is 20.6. The van der Waals surface area contributed by atoms with Crippen molar-refractivity contribution in [2.24, 2.45) is 5.92 Å². The summed E-state index contributed by atoms with van der Waals surface area (Å²) in [5.74, 6) is -1.95. The maximum Gasteiger partial charge on any atom is 0.573 e. The Morgan fingerprint density at radius 3 is 2.37 bits per heavy atom. The minimum Gasteiger partial charge on any atom is -0.480 e. The molecular formula is C27H28F3N3O5. The topological polar surface area (TPSA) is 99.2 Å². The lowest BCUT2D eigenvalue weighted by molar-refractivity contribution is -0.274. The number of carbonyl (C=O) groups excluding carboxylic acids is 2. The molecule has 1 heterocycles. The highest BCUT2D eigenvalue weighted by atomic mass is 19.4. The molecule has 2 aliphatic carbocycles. The lowest BCUT2D eigenvalue weighted by atomic mass is 9.81. The standard InChI is InChI=1S/C27H28F3N3O5/c1-15(25(35)36)31-26(37)32(17-11-12-17)23-19-5-2-3-7-21(19)33(22-8-4-6-20(22)23)24(34)16-9-13-18(14-10-16)38-27(28,29)30/h2-3,5,7,9-10,13-15,17,20,22-23H,4,6,8,11-12H2,1H3,(H,31,37)(H,35,36). The average Bonchev–Trinajstić information content (AvgIpc) is 3.58. The van der Waals surface area contributed by atoms with Crippen molar-refractivity contribution >= 4 is 23.6 Å². The van der Waals surface area contributed by atoms with Gasteiger partial charge >= 0.3 is 18.4 Å². The average molecular weight is 532 g/mol. The Morgan fingerprint density at radius 2 is 1.74 bits per heavy atom. The smallest absolute Gasteiger partial charge is 0.480 e. The van der Waals surface area contributed by atoms with E-state index in [1.165, 1.54) is 19.1 Å². The Labute approximate surface area is 217 Å². The largest absolute Gasteiger partial charge is 0.573 e. The molecular weight excluding hydrogens is 503 g/mol. The second-order valence-corrected chi connectivity index (χ2v) is 10.1. The molecule has 2 N–H and O–H groups in total. The molecule has 0 aromatic heterocycles. The monoisotopic (exact) mass is 531 g/mol. The van der Waals surface area contributed by atoms with Gasteiger partial charge < -0.3 is 25.0 Å². The van der Waals surface area contributed by atoms with Gasteiger partial charge in [0.2, 0.25) is 0 Å². The van der Waals surface area contributed by atoms with E-state index < -0.39 is 30.2 Å². The number of ether oxygens (including phenoxy) is 1. The van der Waals surface area contributed by atoms with Gasteiger partial charge in [-0.1, -0.05) is 24.6 Å². The summed E-state index contributed by atoms with van der Waals surface area (Å²) < 4.78 is 41.7. The minimum atomic E-state index is -4.83. The highest BCUT2D eigenvalue weighted by Crippen LogP contribution is 2.52. The number of hydrogen-bond acceptors (Lipinski definition) is 4. The van der Waals surface area contributed by atoms with E-state index >= 15 is 0 Å². The highest BCUT2D eigenvalue weighted by Gasteiger charge is 2.51. The summed E-state index contributed by atoms with van der Waals surface area (Å²) in [6.45, 7) is 1.42. The molecule has 8 nitrogen and oxygen atoms in total. The third-order valence-electron chi connectivity index (χ3n) is 7.52. The van der Waals surface area contributed by atoms with Crippen LogP contribution in [0.25, 0.3) is 0 Å². The van der Waals surface area contributed by atoms with Crippen molar-refractivity contribution in [1.82, 2.24) is 10.2 Å². The molecule has 2 aromatic rings. The van der Waals surface area contributed by atoms with Crippen molar-refractivity contribution in [2.45, 2.75) is 69.6 Å². The summed E-state index contributed by atoms with van der Waals surface area (Å²) in [4.78, 5) is 42.1. The number of hydrogen-bond donors (Lipinski definition) is 2. The first-order valence-electron chi connectivity index (χ1n) is 12.6. The van der Waals surface area contributed by atoms with Gasteiger partial charge in [0.15, 0.2) is 0 Å². The number of carbonyl (C=O) groups is 3. The Balaban J connectivity index is 1.50. The van der Waals surface area contributed by atoms with E-state index in [0.717, 1.165) is 43.4 Å². The molecule has 0 radical (unpaired) electrons. The molecule has 4 unspecified atom stereocenters. The molecule has 38 heavy (non-hydrogen) atoms. The van der Waals surface area contributed by atoms with Gasteiger partial charge in [-0.05, 0) is 68.5 Å². The van der Waals surface area contributed by atoms with Crippen LogP contribution in [0, 0.1) is 5.92 Å². The number of halogens is 3. The van der Waals surface area contributed by atoms with E-state index in [9.17, 15) is 32.7 Å². The van der Waals surface area contributed by atoms with Crippen LogP contribution in [0.3, 0.4) is 0 Å². The molecule has 4 atom stereocenters. The molecule has 2 aromatic carbocycles. The van der Waals surface area contributed by atoms with Crippen molar-refractivity contribution in [3.8, 4) is 5.75 Å².